The molecule has 2 aromatic rings. The van der Waals surface area contributed by atoms with Crippen LogP contribution in [-0.4, -0.2) is 12.1 Å². The van der Waals surface area contributed by atoms with Crippen molar-refractivity contribution in [2.75, 3.05) is 12.4 Å². The summed E-state index contributed by atoms with van der Waals surface area (Å²) >= 11 is 5.94. The van der Waals surface area contributed by atoms with E-state index in [1.165, 1.54) is 0 Å². The Hall–Kier alpha value is -2.25. The summed E-state index contributed by atoms with van der Waals surface area (Å²) in [5, 5.41) is 12.7. The molecule has 0 aliphatic rings. The minimum absolute atomic E-state index is 0.507. The van der Waals surface area contributed by atoms with Crippen molar-refractivity contribution in [1.29, 1.82) is 5.26 Å². The van der Waals surface area contributed by atoms with Crippen LogP contribution in [0.1, 0.15) is 5.56 Å². The third-order valence-corrected chi connectivity index (χ3v) is 2.61. The van der Waals surface area contributed by atoms with E-state index in [1.54, 1.807) is 43.8 Å². The lowest BCUT2D eigenvalue weighted by Gasteiger charge is -2.12. The van der Waals surface area contributed by atoms with Gasteiger partial charge in [-0.2, -0.15) is 5.26 Å². The van der Waals surface area contributed by atoms with Crippen molar-refractivity contribution in [2.45, 2.75) is 0 Å². The smallest absolute Gasteiger partial charge is 0.142 e. The first-order chi connectivity index (χ1) is 8.74. The van der Waals surface area contributed by atoms with Crippen LogP contribution < -0.4 is 10.1 Å². The van der Waals surface area contributed by atoms with Gasteiger partial charge in [0, 0.05) is 11.2 Å². The fraction of sp³-hybridized carbons (Fsp3) is 0.0769. The van der Waals surface area contributed by atoms with E-state index in [9.17, 15) is 0 Å². The maximum Gasteiger partial charge on any atom is 0.142 e. The van der Waals surface area contributed by atoms with Crippen molar-refractivity contribution in [3.05, 3.63) is 47.2 Å². The number of hydrogen-bond acceptors (Lipinski definition) is 4. The Kier molecular flexibility index (Phi) is 3.66. The van der Waals surface area contributed by atoms with Crippen molar-refractivity contribution in [1.82, 2.24) is 4.98 Å². The molecule has 0 aliphatic carbocycles. The molecule has 5 heteroatoms. The first-order valence-corrected chi connectivity index (χ1v) is 5.57. The number of nitrogens with zero attached hydrogens (tertiary/aromatic N) is 2. The predicted molar refractivity (Wildman–Crippen MR) is 70.2 cm³/mol. The van der Waals surface area contributed by atoms with Gasteiger partial charge in [0.1, 0.15) is 11.8 Å². The lowest BCUT2D eigenvalue weighted by atomic mass is 10.2. The van der Waals surface area contributed by atoms with Crippen LogP contribution >= 0.6 is 11.6 Å². The number of hydrogen-bond donors (Lipinski definition) is 1. The quantitative estimate of drug-likeness (QED) is 0.918. The van der Waals surface area contributed by atoms with Crippen LogP contribution in [0.3, 0.4) is 0 Å². The molecule has 0 fully saturated rings. The summed E-state index contributed by atoms with van der Waals surface area (Å²) < 4.78 is 5.22. The number of nitrogens with one attached hydrogen (secondary N) is 1. The first kappa shape index (κ1) is 12.2. The third-order valence-electron chi connectivity index (χ3n) is 2.37. The highest BCUT2D eigenvalue weighted by Crippen LogP contribution is 2.31. The molecule has 2 rings (SSSR count). The van der Waals surface area contributed by atoms with Gasteiger partial charge in [0.15, 0.2) is 0 Å². The van der Waals surface area contributed by atoms with Crippen molar-refractivity contribution in [3.63, 3.8) is 0 Å². The summed E-state index contributed by atoms with van der Waals surface area (Å²) in [5.74, 6) is 0.646. The standard InChI is InChI=1S/C13H10ClN3O/c1-18-13-3-2-10(14)6-11(13)17-12-8-16-5-4-9(12)7-15/h2-6,8,17H,1H3. The van der Waals surface area contributed by atoms with E-state index >= 15 is 0 Å². The van der Waals surface area contributed by atoms with Crippen LogP contribution in [0.2, 0.25) is 5.02 Å². The molecular formula is C13H10ClN3O. The first-order valence-electron chi connectivity index (χ1n) is 5.19. The van der Waals surface area contributed by atoms with E-state index in [2.05, 4.69) is 16.4 Å². The summed E-state index contributed by atoms with van der Waals surface area (Å²) in [6, 6.07) is 8.95. The Balaban J connectivity index is 2.40. The molecule has 90 valence electrons. The molecule has 1 aromatic heterocycles. The molecular weight excluding hydrogens is 250 g/mol. The number of anilines is 2. The van der Waals surface area contributed by atoms with Crippen LogP contribution in [-0.2, 0) is 0 Å². The largest absolute Gasteiger partial charge is 0.495 e. The summed E-state index contributed by atoms with van der Waals surface area (Å²) in [6.07, 6.45) is 3.15. The van der Waals surface area contributed by atoms with Gasteiger partial charge in [-0.3, -0.25) is 4.98 Å². The molecule has 4 nitrogen and oxygen atoms in total. The van der Waals surface area contributed by atoms with Crippen LogP contribution in [0, 0.1) is 11.3 Å². The molecule has 0 unspecified atom stereocenters. The van der Waals surface area contributed by atoms with Gasteiger partial charge in [0.25, 0.3) is 0 Å². The highest BCUT2D eigenvalue weighted by molar-refractivity contribution is 6.31. The van der Waals surface area contributed by atoms with E-state index in [4.69, 9.17) is 21.6 Å². The number of halogens is 1. The Bertz CT molecular complexity index is 607. The van der Waals surface area contributed by atoms with Gasteiger partial charge < -0.3 is 10.1 Å². The Morgan fingerprint density at radius 3 is 2.89 bits per heavy atom. The maximum absolute atomic E-state index is 9.00. The van der Waals surface area contributed by atoms with E-state index in [0.29, 0.717) is 27.7 Å². The van der Waals surface area contributed by atoms with Crippen molar-refractivity contribution in [2.24, 2.45) is 0 Å². The number of methoxy groups -OCH3 is 1. The number of aromatic nitrogens is 1. The molecule has 1 N–H and O–H groups in total. The van der Waals surface area contributed by atoms with Crippen LogP contribution in [0.15, 0.2) is 36.7 Å². The number of pyridine rings is 1. The van der Waals surface area contributed by atoms with Gasteiger partial charge in [0.05, 0.1) is 30.2 Å². The average Bonchev–Trinajstić information content (AvgIpc) is 2.40. The zero-order valence-corrected chi connectivity index (χ0v) is 10.4. The topological polar surface area (TPSA) is 57.9 Å². The minimum atomic E-state index is 0.507. The molecule has 0 aliphatic heterocycles. The molecule has 0 saturated heterocycles. The van der Waals surface area contributed by atoms with Gasteiger partial charge in [-0.15, -0.1) is 0 Å². The number of rotatable bonds is 3. The summed E-state index contributed by atoms with van der Waals surface area (Å²) in [7, 11) is 1.57. The summed E-state index contributed by atoms with van der Waals surface area (Å²) in [4.78, 5) is 3.98. The highest BCUT2D eigenvalue weighted by atomic mass is 35.5. The molecule has 0 radical (unpaired) electrons. The van der Waals surface area contributed by atoms with Gasteiger partial charge in [0.2, 0.25) is 0 Å². The fourth-order valence-electron chi connectivity index (χ4n) is 1.51. The fourth-order valence-corrected chi connectivity index (χ4v) is 1.69. The number of benzene rings is 1. The maximum atomic E-state index is 9.00. The Morgan fingerprint density at radius 2 is 2.17 bits per heavy atom. The molecule has 0 atom stereocenters. The third kappa shape index (κ3) is 2.53. The molecule has 0 saturated carbocycles. The van der Waals surface area contributed by atoms with E-state index in [-0.39, 0.29) is 0 Å². The molecule has 18 heavy (non-hydrogen) atoms. The molecule has 0 bridgehead atoms. The van der Waals surface area contributed by atoms with Crippen molar-refractivity contribution < 1.29 is 4.74 Å². The zero-order chi connectivity index (χ0) is 13.0. The second kappa shape index (κ2) is 5.39. The van der Waals surface area contributed by atoms with E-state index in [1.807, 2.05) is 0 Å². The van der Waals surface area contributed by atoms with Gasteiger partial charge in [-0.25, -0.2) is 0 Å². The van der Waals surface area contributed by atoms with Gasteiger partial charge in [-0.1, -0.05) is 11.6 Å². The van der Waals surface area contributed by atoms with Crippen LogP contribution in [0.4, 0.5) is 11.4 Å². The summed E-state index contributed by atoms with van der Waals surface area (Å²) in [6.45, 7) is 0. The number of nitriles is 1. The lowest BCUT2D eigenvalue weighted by Crippen LogP contribution is -1.97. The van der Waals surface area contributed by atoms with Crippen molar-refractivity contribution in [3.8, 4) is 11.8 Å². The van der Waals surface area contributed by atoms with Crippen LogP contribution in [0.25, 0.3) is 0 Å². The van der Waals surface area contributed by atoms with E-state index < -0.39 is 0 Å². The second-order valence-electron chi connectivity index (χ2n) is 3.50. The predicted octanol–water partition coefficient (Wildman–Crippen LogP) is 3.36. The Labute approximate surface area is 110 Å². The van der Waals surface area contributed by atoms with Crippen molar-refractivity contribution >= 4 is 23.0 Å². The van der Waals surface area contributed by atoms with Gasteiger partial charge in [-0.05, 0) is 24.3 Å². The zero-order valence-electron chi connectivity index (χ0n) is 9.64. The Morgan fingerprint density at radius 1 is 1.33 bits per heavy atom. The molecule has 1 heterocycles. The molecule has 1 aromatic carbocycles. The number of ether oxygens (including phenoxy) is 1. The highest BCUT2D eigenvalue weighted by Gasteiger charge is 2.07. The summed E-state index contributed by atoms with van der Waals surface area (Å²) in [5.41, 5.74) is 1.81. The molecule has 0 amide bonds. The van der Waals surface area contributed by atoms with Gasteiger partial charge >= 0.3 is 0 Å². The SMILES string of the molecule is COc1ccc(Cl)cc1Nc1cnccc1C#N. The van der Waals surface area contributed by atoms with E-state index in [0.717, 1.165) is 0 Å². The van der Waals surface area contributed by atoms with Crippen LogP contribution in [0.5, 0.6) is 5.75 Å². The molecule has 0 spiro atoms. The average molecular weight is 260 g/mol. The second-order valence-corrected chi connectivity index (χ2v) is 3.94. The normalized spacial score (nSPS) is 9.61. The monoisotopic (exact) mass is 259 g/mol. The minimum Gasteiger partial charge on any atom is -0.495 e. The lowest BCUT2D eigenvalue weighted by molar-refractivity contribution is 0.417.